The molecule has 0 saturated carbocycles. The molecule has 0 radical (unpaired) electrons. The Kier molecular flexibility index (Phi) is 6.92. The van der Waals surface area contributed by atoms with E-state index in [4.69, 9.17) is 20.9 Å². The third kappa shape index (κ3) is 5.64. The molecule has 1 aromatic rings. The van der Waals surface area contributed by atoms with Crippen LogP contribution in [-0.2, 0) is 14.1 Å². The summed E-state index contributed by atoms with van der Waals surface area (Å²) in [4.78, 5) is 11.9. The quantitative estimate of drug-likeness (QED) is 0.590. The smallest absolute Gasteiger partial charge is 0.323 e. The predicted molar refractivity (Wildman–Crippen MR) is 88.6 cm³/mol. The van der Waals surface area contributed by atoms with Crippen LogP contribution in [-0.4, -0.2) is 23.8 Å². The summed E-state index contributed by atoms with van der Waals surface area (Å²) in [6.45, 7) is 8.64. The molecule has 0 aliphatic rings. The monoisotopic (exact) mass is 347 g/mol. The normalized spacial score (nSPS) is 15.5. The highest BCUT2D eigenvalue weighted by molar-refractivity contribution is 7.58. The minimum Gasteiger partial charge on any atom is -0.462 e. The van der Waals surface area contributed by atoms with Crippen LogP contribution in [0, 0.1) is 0 Å². The lowest BCUT2D eigenvalue weighted by atomic mass is 10.3. The van der Waals surface area contributed by atoms with Crippen molar-refractivity contribution in [2.75, 3.05) is 0 Å². The maximum Gasteiger partial charge on any atom is 0.323 e. The zero-order valence-corrected chi connectivity index (χ0v) is 15.1. The van der Waals surface area contributed by atoms with E-state index in [1.54, 1.807) is 58.9 Å². The van der Waals surface area contributed by atoms with E-state index in [9.17, 15) is 9.36 Å². The van der Waals surface area contributed by atoms with Crippen LogP contribution < -0.4 is 9.61 Å². The Morgan fingerprint density at radius 1 is 1.23 bits per heavy atom. The van der Waals surface area contributed by atoms with Crippen molar-refractivity contribution >= 4 is 25.1 Å². The minimum atomic E-state index is -3.30. The van der Waals surface area contributed by atoms with E-state index in [1.165, 1.54) is 0 Å². The summed E-state index contributed by atoms with van der Waals surface area (Å²) in [5.41, 5.74) is -0.319. The summed E-state index contributed by atoms with van der Waals surface area (Å²) < 4.78 is 23.7. The van der Waals surface area contributed by atoms with Gasteiger partial charge in [-0.1, -0.05) is 31.5 Å². The van der Waals surface area contributed by atoms with Crippen LogP contribution in [0.3, 0.4) is 0 Å². The summed E-state index contributed by atoms with van der Waals surface area (Å²) in [5, 5.41) is 3.27. The number of carbonyl (C=O) groups is 1. The van der Waals surface area contributed by atoms with Gasteiger partial charge in [0.1, 0.15) is 11.8 Å². The first-order chi connectivity index (χ1) is 10.1. The second-order valence-electron chi connectivity index (χ2n) is 5.58. The first kappa shape index (κ1) is 19.0. The Morgan fingerprint density at radius 2 is 1.86 bits per heavy atom. The Balaban J connectivity index is 2.87. The summed E-state index contributed by atoms with van der Waals surface area (Å²) >= 11 is 5.90. The highest BCUT2D eigenvalue weighted by atomic mass is 35.5. The van der Waals surface area contributed by atoms with Crippen LogP contribution in [0.15, 0.2) is 24.3 Å². The van der Waals surface area contributed by atoms with E-state index < -0.39 is 19.5 Å². The van der Waals surface area contributed by atoms with Gasteiger partial charge in [0.15, 0.2) is 0 Å². The van der Waals surface area contributed by atoms with Crippen LogP contribution in [0.4, 0.5) is 0 Å². The number of hydrogen-bond acceptors (Lipinski definition) is 4. The van der Waals surface area contributed by atoms with Crippen molar-refractivity contribution in [3.63, 3.8) is 0 Å². The third-order valence-corrected chi connectivity index (χ3v) is 5.62. The summed E-state index contributed by atoms with van der Waals surface area (Å²) in [6, 6.07) is 5.91. The van der Waals surface area contributed by atoms with Gasteiger partial charge in [-0.3, -0.25) is 9.36 Å². The van der Waals surface area contributed by atoms with Gasteiger partial charge in [0.2, 0.25) is 0 Å². The molecule has 22 heavy (non-hydrogen) atoms. The van der Waals surface area contributed by atoms with Crippen molar-refractivity contribution in [3.05, 3.63) is 29.3 Å². The number of carbonyl (C=O) groups excluding carboxylic acids is 1. The summed E-state index contributed by atoms with van der Waals surface area (Å²) in [7, 11) is -3.30. The zero-order valence-electron chi connectivity index (χ0n) is 13.5. The van der Waals surface area contributed by atoms with Gasteiger partial charge < -0.3 is 9.26 Å². The SMILES string of the molecule is CC(C)OC(=O)[C@H](C)NP(=O)(Oc1cccc(Cl)c1)C(C)C. The van der Waals surface area contributed by atoms with Crippen molar-refractivity contribution in [1.29, 1.82) is 0 Å². The molecule has 0 saturated heterocycles. The van der Waals surface area contributed by atoms with Gasteiger partial charge in [-0.15, -0.1) is 0 Å². The maximum atomic E-state index is 13.0. The lowest BCUT2D eigenvalue weighted by Crippen LogP contribution is -2.37. The number of halogens is 1. The molecule has 0 fully saturated rings. The fourth-order valence-corrected chi connectivity index (χ4v) is 3.43. The van der Waals surface area contributed by atoms with Gasteiger partial charge in [0, 0.05) is 5.02 Å². The Labute approximate surface area is 136 Å². The number of ether oxygens (including phenoxy) is 1. The highest BCUT2D eigenvalue weighted by Crippen LogP contribution is 2.48. The van der Waals surface area contributed by atoms with Crippen molar-refractivity contribution in [2.24, 2.45) is 0 Å². The second-order valence-corrected chi connectivity index (χ2v) is 8.68. The molecule has 0 bridgehead atoms. The molecule has 0 aliphatic carbocycles. The van der Waals surface area contributed by atoms with Gasteiger partial charge in [-0.05, 0) is 39.0 Å². The van der Waals surface area contributed by atoms with E-state index in [2.05, 4.69) is 5.09 Å². The molecule has 0 spiro atoms. The molecule has 1 rings (SSSR count). The van der Waals surface area contributed by atoms with Gasteiger partial charge in [0.25, 0.3) is 0 Å². The molecule has 0 amide bonds. The molecular weight excluding hydrogens is 325 g/mol. The van der Waals surface area contributed by atoms with E-state index in [1.807, 2.05) is 0 Å². The number of nitrogens with one attached hydrogen (secondary N) is 1. The molecule has 2 atom stereocenters. The van der Waals surface area contributed by atoms with E-state index in [0.29, 0.717) is 10.8 Å². The molecule has 5 nitrogen and oxygen atoms in total. The molecule has 124 valence electrons. The van der Waals surface area contributed by atoms with Gasteiger partial charge in [0.05, 0.1) is 11.8 Å². The highest BCUT2D eigenvalue weighted by Gasteiger charge is 2.33. The topological polar surface area (TPSA) is 64.6 Å². The summed E-state index contributed by atoms with van der Waals surface area (Å²) in [5.74, 6) is -0.0768. The van der Waals surface area contributed by atoms with Crippen molar-refractivity contribution in [1.82, 2.24) is 5.09 Å². The number of benzene rings is 1. The van der Waals surface area contributed by atoms with E-state index in [-0.39, 0.29) is 11.8 Å². The van der Waals surface area contributed by atoms with Crippen LogP contribution in [0.2, 0.25) is 5.02 Å². The molecule has 0 aromatic heterocycles. The average molecular weight is 348 g/mol. The molecule has 7 heteroatoms. The lowest BCUT2D eigenvalue weighted by molar-refractivity contribution is -0.149. The van der Waals surface area contributed by atoms with Crippen LogP contribution in [0.25, 0.3) is 0 Å². The van der Waals surface area contributed by atoms with Gasteiger partial charge in [-0.2, -0.15) is 0 Å². The largest absolute Gasteiger partial charge is 0.462 e. The molecule has 1 unspecified atom stereocenters. The molecule has 1 N–H and O–H groups in total. The minimum absolute atomic E-state index is 0.232. The first-order valence-electron chi connectivity index (χ1n) is 7.17. The van der Waals surface area contributed by atoms with Crippen LogP contribution in [0.5, 0.6) is 5.75 Å². The Hall–Kier alpha value is -1.03. The first-order valence-corrected chi connectivity index (χ1v) is 9.24. The number of hydrogen-bond donors (Lipinski definition) is 1. The van der Waals surface area contributed by atoms with Crippen LogP contribution in [0.1, 0.15) is 34.6 Å². The van der Waals surface area contributed by atoms with Crippen molar-refractivity contribution < 1.29 is 18.6 Å². The molecule has 0 heterocycles. The van der Waals surface area contributed by atoms with Crippen molar-refractivity contribution in [3.8, 4) is 5.75 Å². The number of esters is 1. The zero-order chi connectivity index (χ0) is 16.9. The Bertz CT molecular complexity index is 562. The average Bonchev–Trinajstić information content (AvgIpc) is 2.37. The summed E-state index contributed by atoms with van der Waals surface area (Å²) in [6.07, 6.45) is -0.232. The third-order valence-electron chi connectivity index (χ3n) is 2.80. The van der Waals surface area contributed by atoms with E-state index >= 15 is 0 Å². The molecule has 1 aromatic carbocycles. The van der Waals surface area contributed by atoms with E-state index in [0.717, 1.165) is 0 Å². The number of rotatable bonds is 7. The maximum absolute atomic E-state index is 13.0. The van der Waals surface area contributed by atoms with Crippen LogP contribution >= 0.6 is 19.1 Å². The Morgan fingerprint density at radius 3 is 2.36 bits per heavy atom. The fraction of sp³-hybridized carbons (Fsp3) is 0.533. The standard InChI is InChI=1S/C15H23ClNO4P/c1-10(2)20-15(18)12(5)17-22(19,11(3)4)21-14-8-6-7-13(16)9-14/h6-12H,1-5H3,(H,17,19)/t12-,22?/m0/s1. The van der Waals surface area contributed by atoms with Gasteiger partial charge in [-0.25, -0.2) is 5.09 Å². The molecular formula is C15H23ClNO4P. The molecule has 0 aliphatic heterocycles. The second kappa shape index (κ2) is 8.00. The fourth-order valence-electron chi connectivity index (χ4n) is 1.62. The van der Waals surface area contributed by atoms with Crippen molar-refractivity contribution in [2.45, 2.75) is 52.4 Å². The predicted octanol–water partition coefficient (Wildman–Crippen LogP) is 4.25. The lowest BCUT2D eigenvalue weighted by Gasteiger charge is -2.26. The van der Waals surface area contributed by atoms with Gasteiger partial charge >= 0.3 is 13.5 Å².